The fraction of sp³-hybridized carbons (Fsp3) is 0.465. The van der Waals surface area contributed by atoms with Gasteiger partial charge in [-0.05, 0) is 80.5 Å². The number of nitrogens with one attached hydrogen (secondary N) is 2. The van der Waals surface area contributed by atoms with Crippen LogP contribution < -0.4 is 25.2 Å². The summed E-state index contributed by atoms with van der Waals surface area (Å²) in [5.41, 5.74) is 0.398. The number of anilines is 3. The number of pyridine rings is 1. The smallest absolute Gasteiger partial charge is 0.407 e. The maximum atomic E-state index is 13.5. The minimum Gasteiger partial charge on any atom is -0.491 e. The predicted octanol–water partition coefficient (Wildman–Crippen LogP) is 5.52. The first kappa shape index (κ1) is 40.7. The van der Waals surface area contributed by atoms with Crippen molar-refractivity contribution >= 4 is 52.4 Å². The Labute approximate surface area is 344 Å². The summed E-state index contributed by atoms with van der Waals surface area (Å²) in [6.07, 6.45) is 0.0456. The van der Waals surface area contributed by atoms with Crippen molar-refractivity contribution < 1.29 is 41.9 Å². The number of hydrogen-bond acceptors (Lipinski definition) is 10. The lowest BCUT2D eigenvalue weighted by molar-refractivity contribution is -0.137. The van der Waals surface area contributed by atoms with E-state index in [9.17, 15) is 37.1 Å². The number of aromatic nitrogens is 1. The monoisotopic (exact) mass is 826 g/mol. The fourth-order valence-corrected chi connectivity index (χ4v) is 9.12. The molecule has 0 bridgehead atoms. The number of alkyl halides is 3. The second-order valence-electron chi connectivity index (χ2n) is 16.8. The van der Waals surface area contributed by atoms with Gasteiger partial charge in [0.25, 0.3) is 11.8 Å². The van der Waals surface area contributed by atoms with Crippen LogP contribution in [0.4, 0.5) is 36.1 Å². The Morgan fingerprint density at radius 1 is 0.917 bits per heavy atom. The maximum Gasteiger partial charge on any atom is 0.407 e. The number of likely N-dealkylation sites (tertiary alicyclic amines) is 1. The van der Waals surface area contributed by atoms with E-state index in [4.69, 9.17) is 11.3 Å². The molecule has 17 heteroatoms. The molecule has 14 nitrogen and oxygen atoms in total. The van der Waals surface area contributed by atoms with Crippen molar-refractivity contribution in [1.29, 1.82) is 0 Å². The molecule has 5 amide bonds. The lowest BCUT2D eigenvalue weighted by Crippen LogP contribution is -2.58. The topological polar surface area (TPSA) is 149 Å². The summed E-state index contributed by atoms with van der Waals surface area (Å²) < 4.78 is 46.5. The Kier molecular flexibility index (Phi) is 11.0. The van der Waals surface area contributed by atoms with E-state index >= 15 is 0 Å². The molecule has 314 valence electrons. The van der Waals surface area contributed by atoms with E-state index in [2.05, 4.69) is 37.2 Å². The second kappa shape index (κ2) is 16.2. The third-order valence-electron chi connectivity index (χ3n) is 12.3. The fourth-order valence-electron chi connectivity index (χ4n) is 9.12. The van der Waals surface area contributed by atoms with Crippen molar-refractivity contribution in [3.63, 3.8) is 0 Å². The molecule has 3 aromatic rings. The van der Waals surface area contributed by atoms with Gasteiger partial charge in [-0.15, -0.1) is 0 Å². The van der Waals surface area contributed by atoms with Crippen molar-refractivity contribution in [2.45, 2.75) is 57.7 Å². The van der Waals surface area contributed by atoms with Crippen LogP contribution in [0.25, 0.3) is 4.85 Å². The Bertz CT molecular complexity index is 2240. The summed E-state index contributed by atoms with van der Waals surface area (Å²) in [6.45, 7) is 15.0. The van der Waals surface area contributed by atoms with Gasteiger partial charge in [0.1, 0.15) is 17.6 Å². The number of nitrogens with zero attached hydrogens (tertiary/aromatic N) is 6. The molecule has 4 saturated heterocycles. The van der Waals surface area contributed by atoms with Crippen LogP contribution in [0.3, 0.4) is 0 Å². The Balaban J connectivity index is 0.743. The van der Waals surface area contributed by atoms with Gasteiger partial charge in [-0.1, -0.05) is 13.0 Å². The number of rotatable bonds is 10. The van der Waals surface area contributed by atoms with Crippen LogP contribution in [0.5, 0.6) is 5.75 Å². The third-order valence-corrected chi connectivity index (χ3v) is 12.3. The molecule has 60 heavy (non-hydrogen) atoms. The summed E-state index contributed by atoms with van der Waals surface area (Å²) in [6, 6.07) is 11.5. The summed E-state index contributed by atoms with van der Waals surface area (Å²) >= 11 is 0. The number of imide groups is 2. The molecule has 5 aliphatic heterocycles. The quantitative estimate of drug-likeness (QED) is 0.198. The van der Waals surface area contributed by atoms with E-state index in [1.54, 1.807) is 35.4 Å². The van der Waals surface area contributed by atoms with Gasteiger partial charge in [0, 0.05) is 74.9 Å². The highest BCUT2D eigenvalue weighted by Crippen LogP contribution is 2.40. The van der Waals surface area contributed by atoms with E-state index in [0.717, 1.165) is 62.2 Å². The van der Waals surface area contributed by atoms with E-state index in [0.29, 0.717) is 55.7 Å². The van der Waals surface area contributed by atoms with E-state index in [1.807, 2.05) is 6.07 Å². The molecule has 0 saturated carbocycles. The van der Waals surface area contributed by atoms with Gasteiger partial charge < -0.3 is 24.8 Å². The van der Waals surface area contributed by atoms with Crippen LogP contribution in [0.1, 0.15) is 71.7 Å². The molecular weight excluding hydrogens is 782 g/mol. The average molecular weight is 827 g/mol. The molecule has 8 rings (SSSR count). The van der Waals surface area contributed by atoms with Crippen LogP contribution in [-0.4, -0.2) is 103 Å². The number of ether oxygens (including phenoxy) is 1. The zero-order chi connectivity index (χ0) is 42.3. The van der Waals surface area contributed by atoms with Gasteiger partial charge in [-0.3, -0.25) is 34.2 Å². The summed E-state index contributed by atoms with van der Waals surface area (Å²) in [5, 5.41) is 5.08. The number of carbonyl (C=O) groups excluding carboxylic acids is 5. The second-order valence-corrected chi connectivity index (χ2v) is 16.8. The normalized spacial score (nSPS) is 21.3. The van der Waals surface area contributed by atoms with Crippen LogP contribution >= 0.6 is 0 Å². The van der Waals surface area contributed by atoms with E-state index in [-0.39, 0.29) is 41.2 Å². The number of halogens is 3. The zero-order valence-corrected chi connectivity index (χ0v) is 33.1. The molecule has 4 fully saturated rings. The molecule has 0 aliphatic carbocycles. The molecule has 0 spiro atoms. The van der Waals surface area contributed by atoms with Crippen molar-refractivity contribution in [2.24, 2.45) is 17.3 Å². The summed E-state index contributed by atoms with van der Waals surface area (Å²) in [7, 11) is 0. The molecule has 1 unspecified atom stereocenters. The number of carbonyl (C=O) groups is 5. The van der Waals surface area contributed by atoms with Crippen LogP contribution in [0.15, 0.2) is 54.7 Å². The number of benzene rings is 2. The van der Waals surface area contributed by atoms with Gasteiger partial charge in [-0.2, -0.15) is 13.2 Å². The Morgan fingerprint density at radius 2 is 1.58 bits per heavy atom. The van der Waals surface area contributed by atoms with Crippen LogP contribution in [0, 0.1) is 23.8 Å². The highest BCUT2D eigenvalue weighted by atomic mass is 19.4. The molecular formula is C43H45F3N8O6. The van der Waals surface area contributed by atoms with Crippen molar-refractivity contribution in [3.05, 3.63) is 82.8 Å². The Hall–Kier alpha value is -6.02. The standard InChI is InChI=1S/C43H45F3N8O6/c1-42(25-60-30-5-9-36(48-21-30)49-38(56)27-13-17-53(18-14-27)29-4-7-34(47-2)33(20-29)43(44,45)46)23-51(24-42)22-26-11-15-52(16-12-26)28-3-6-31-32(19-28)41(59)54(40(31)58)35-8-10-37(55)50-39(35)57/h3-7,9,19-21,26-27,35H,8,10-18,22-25H2,1H3,(H,48,49,56)(H,50,55,57). The van der Waals surface area contributed by atoms with Gasteiger partial charge >= 0.3 is 6.18 Å². The minimum absolute atomic E-state index is 0.0220. The highest BCUT2D eigenvalue weighted by molar-refractivity contribution is 6.23. The molecule has 6 heterocycles. The van der Waals surface area contributed by atoms with Crippen molar-refractivity contribution in [3.8, 4) is 5.75 Å². The number of hydrogen-bond donors (Lipinski definition) is 2. The minimum atomic E-state index is -4.63. The van der Waals surface area contributed by atoms with Gasteiger partial charge in [-0.25, -0.2) is 9.83 Å². The van der Waals surface area contributed by atoms with Gasteiger partial charge in [0.15, 0.2) is 5.69 Å². The first-order valence-electron chi connectivity index (χ1n) is 20.2. The van der Waals surface area contributed by atoms with Crippen molar-refractivity contribution in [2.75, 3.05) is 67.5 Å². The molecule has 5 aliphatic rings. The molecule has 2 aromatic carbocycles. The maximum absolute atomic E-state index is 13.5. The van der Waals surface area contributed by atoms with Crippen LogP contribution in [0.2, 0.25) is 0 Å². The summed E-state index contributed by atoms with van der Waals surface area (Å²) in [4.78, 5) is 78.3. The third kappa shape index (κ3) is 8.38. The lowest BCUT2D eigenvalue weighted by atomic mass is 9.81. The predicted molar refractivity (Wildman–Crippen MR) is 214 cm³/mol. The zero-order valence-electron chi connectivity index (χ0n) is 33.1. The molecule has 1 atom stereocenters. The Morgan fingerprint density at radius 3 is 2.23 bits per heavy atom. The first-order chi connectivity index (χ1) is 28.7. The SMILES string of the molecule is [C-]#[N+]c1ccc(N2CCC(C(=O)Nc3ccc(OCC4(C)CN(CC5CCN(c6ccc7c(c6)C(=O)N(C6CCC(=O)NC6=O)C7=O)CC5)C4)cn3)CC2)cc1C(F)(F)F. The number of piperidine rings is 3. The molecule has 0 radical (unpaired) electrons. The average Bonchev–Trinajstić information content (AvgIpc) is 3.47. The molecule has 1 aromatic heterocycles. The first-order valence-corrected chi connectivity index (χ1v) is 20.2. The van der Waals surface area contributed by atoms with E-state index < -0.39 is 47.1 Å². The number of amides is 5. The lowest BCUT2D eigenvalue weighted by Gasteiger charge is -2.49. The van der Waals surface area contributed by atoms with Gasteiger partial charge in [0.05, 0.1) is 36.1 Å². The van der Waals surface area contributed by atoms with Gasteiger partial charge in [0.2, 0.25) is 17.7 Å². The summed E-state index contributed by atoms with van der Waals surface area (Å²) in [5.74, 6) is -1.05. The molecule has 2 N–H and O–H groups in total. The largest absolute Gasteiger partial charge is 0.491 e. The van der Waals surface area contributed by atoms with Crippen LogP contribution in [-0.2, 0) is 20.6 Å². The highest BCUT2D eigenvalue weighted by Gasteiger charge is 2.45. The van der Waals surface area contributed by atoms with E-state index in [1.165, 1.54) is 12.1 Å². The number of fused-ring (bicyclic) bond motifs is 1. The van der Waals surface area contributed by atoms with Crippen molar-refractivity contribution in [1.82, 2.24) is 20.1 Å².